The van der Waals surface area contributed by atoms with Gasteiger partial charge in [-0.15, -0.1) is 11.3 Å². The number of nitrogens with zero attached hydrogens (tertiary/aromatic N) is 4. The van der Waals surface area contributed by atoms with Gasteiger partial charge in [-0.3, -0.25) is 20.0 Å². The van der Waals surface area contributed by atoms with Gasteiger partial charge in [0.25, 0.3) is 5.56 Å². The van der Waals surface area contributed by atoms with Crippen molar-refractivity contribution in [1.29, 1.82) is 0 Å². The molecule has 1 aliphatic rings. The van der Waals surface area contributed by atoms with E-state index in [0.29, 0.717) is 28.9 Å². The molecule has 1 amide bonds. The lowest BCUT2D eigenvalue weighted by Crippen LogP contribution is -2.44. The van der Waals surface area contributed by atoms with Gasteiger partial charge in [-0.1, -0.05) is 0 Å². The van der Waals surface area contributed by atoms with Crippen LogP contribution in [0.2, 0.25) is 0 Å². The van der Waals surface area contributed by atoms with Gasteiger partial charge in [0, 0.05) is 31.4 Å². The summed E-state index contributed by atoms with van der Waals surface area (Å²) >= 11 is 1.37. The summed E-state index contributed by atoms with van der Waals surface area (Å²) < 4.78 is 27.9. The first-order valence-electron chi connectivity index (χ1n) is 9.06. The van der Waals surface area contributed by atoms with Crippen molar-refractivity contribution in [2.24, 2.45) is 5.92 Å². The summed E-state index contributed by atoms with van der Waals surface area (Å²) in [6.07, 6.45) is 3.57. The summed E-state index contributed by atoms with van der Waals surface area (Å²) in [5.74, 6) is -0.306. The number of amides is 1. The molecule has 1 N–H and O–H groups in total. The van der Waals surface area contributed by atoms with Gasteiger partial charge < -0.3 is 0 Å². The molecule has 0 unspecified atom stereocenters. The molecule has 1 aliphatic heterocycles. The molecule has 1 saturated heterocycles. The Labute approximate surface area is 171 Å². The topological polar surface area (TPSA) is 114 Å². The third kappa shape index (κ3) is 3.68. The van der Waals surface area contributed by atoms with Crippen molar-refractivity contribution in [3.63, 3.8) is 0 Å². The van der Waals surface area contributed by atoms with E-state index >= 15 is 0 Å². The summed E-state index contributed by atoms with van der Waals surface area (Å²) in [7, 11) is -3.63. The zero-order valence-electron chi connectivity index (χ0n) is 15.6. The molecule has 0 bridgehead atoms. The van der Waals surface area contributed by atoms with Crippen LogP contribution < -0.4 is 11.0 Å². The third-order valence-corrected chi connectivity index (χ3v) is 7.67. The molecule has 4 rings (SSSR count). The monoisotopic (exact) mass is 433 g/mol. The summed E-state index contributed by atoms with van der Waals surface area (Å²) in [6.45, 7) is 2.11. The van der Waals surface area contributed by atoms with E-state index < -0.39 is 10.0 Å². The van der Waals surface area contributed by atoms with E-state index in [4.69, 9.17) is 0 Å². The van der Waals surface area contributed by atoms with Crippen molar-refractivity contribution in [1.82, 2.24) is 18.9 Å². The van der Waals surface area contributed by atoms with Crippen molar-refractivity contribution < 1.29 is 13.2 Å². The van der Waals surface area contributed by atoms with Crippen molar-refractivity contribution >= 4 is 37.5 Å². The molecule has 4 heterocycles. The van der Waals surface area contributed by atoms with Gasteiger partial charge in [-0.2, -0.15) is 4.31 Å². The summed E-state index contributed by atoms with van der Waals surface area (Å²) in [5.41, 5.74) is 2.32. The Bertz CT molecular complexity index is 1210. The lowest BCUT2D eigenvalue weighted by molar-refractivity contribution is -0.121. The fourth-order valence-corrected chi connectivity index (χ4v) is 5.59. The van der Waals surface area contributed by atoms with Gasteiger partial charge in [0.1, 0.15) is 15.6 Å². The van der Waals surface area contributed by atoms with E-state index in [-0.39, 0.29) is 35.4 Å². The Kier molecular flexibility index (Phi) is 5.19. The summed E-state index contributed by atoms with van der Waals surface area (Å²) in [5, 5.41) is 2.24. The Balaban J connectivity index is 1.46. The summed E-state index contributed by atoms with van der Waals surface area (Å²) in [4.78, 5) is 34.3. The van der Waals surface area contributed by atoms with Crippen LogP contribution in [0, 0.1) is 12.8 Å². The molecule has 0 aromatic carbocycles. The lowest BCUT2D eigenvalue weighted by Gasteiger charge is -2.30. The lowest BCUT2D eigenvalue weighted by atomic mass is 9.98. The average molecular weight is 434 g/mol. The first-order chi connectivity index (χ1) is 13.9. The molecule has 3 aromatic rings. The molecule has 0 saturated carbocycles. The van der Waals surface area contributed by atoms with E-state index in [0.717, 1.165) is 4.68 Å². The van der Waals surface area contributed by atoms with Crippen LogP contribution in [0.1, 0.15) is 18.7 Å². The number of hydrogen-bond acceptors (Lipinski definition) is 7. The van der Waals surface area contributed by atoms with Crippen LogP contribution in [-0.2, 0) is 14.8 Å². The highest BCUT2D eigenvalue weighted by molar-refractivity contribution is 7.89. The summed E-state index contributed by atoms with van der Waals surface area (Å²) in [6, 6.07) is 4.76. The normalized spacial score (nSPS) is 16.2. The molecule has 0 atom stereocenters. The van der Waals surface area contributed by atoms with Crippen LogP contribution in [-0.4, -0.2) is 46.4 Å². The molecule has 9 nitrogen and oxygen atoms in total. The van der Waals surface area contributed by atoms with Crippen LogP contribution in [0.5, 0.6) is 0 Å². The Morgan fingerprint density at radius 3 is 2.72 bits per heavy atom. The Hall–Kier alpha value is -2.63. The number of carbonyl (C=O) groups excluding carboxylic acids is 1. The number of aryl methyl sites for hydroxylation is 1. The van der Waals surface area contributed by atoms with E-state index in [9.17, 15) is 18.0 Å². The molecule has 3 aromatic heterocycles. The highest BCUT2D eigenvalue weighted by atomic mass is 32.2. The van der Waals surface area contributed by atoms with Crippen LogP contribution in [0.4, 0.5) is 0 Å². The van der Waals surface area contributed by atoms with Gasteiger partial charge in [-0.25, -0.2) is 18.1 Å². The zero-order valence-corrected chi connectivity index (χ0v) is 17.2. The van der Waals surface area contributed by atoms with Crippen molar-refractivity contribution in [2.75, 3.05) is 18.5 Å². The van der Waals surface area contributed by atoms with Crippen LogP contribution >= 0.6 is 11.3 Å². The number of carbonyl (C=O) groups is 1. The van der Waals surface area contributed by atoms with Crippen molar-refractivity contribution in [2.45, 2.75) is 24.7 Å². The molecule has 0 radical (unpaired) electrons. The maximum atomic E-state index is 12.7. The Morgan fingerprint density at radius 1 is 1.28 bits per heavy atom. The minimum absolute atomic E-state index is 0.139. The number of aromatic nitrogens is 3. The molecule has 0 aliphatic carbocycles. The van der Waals surface area contributed by atoms with E-state index in [1.165, 1.54) is 34.1 Å². The van der Waals surface area contributed by atoms with Gasteiger partial charge in [0.05, 0.1) is 5.39 Å². The number of pyridine rings is 1. The number of rotatable bonds is 4. The molecule has 0 spiro atoms. The number of thiophene rings is 1. The van der Waals surface area contributed by atoms with E-state index in [1.54, 1.807) is 24.4 Å². The average Bonchev–Trinajstić information content (AvgIpc) is 3.20. The first kappa shape index (κ1) is 19.7. The second-order valence-electron chi connectivity index (χ2n) is 6.78. The molecular weight excluding hydrogens is 414 g/mol. The number of hydrogen-bond donors (Lipinski definition) is 1. The molecule has 29 heavy (non-hydrogen) atoms. The molecule has 11 heteroatoms. The SMILES string of the molecule is Cc1nc2sccc2c(=O)n1NC(=O)C1CCN(S(=O)(=O)c2cccnc2)CC1. The minimum atomic E-state index is -3.63. The maximum absolute atomic E-state index is 12.7. The standard InChI is InChI=1S/C18H19N5O4S2/c1-12-20-17-15(6-10-28-17)18(25)23(12)21-16(24)13-4-8-22(9-5-13)29(26,27)14-3-2-7-19-11-14/h2-3,6-7,10-11,13H,4-5,8-9H2,1H3,(H,21,24). The van der Waals surface area contributed by atoms with Gasteiger partial charge in [-0.05, 0) is 43.3 Å². The van der Waals surface area contributed by atoms with E-state index in [1.807, 2.05) is 0 Å². The van der Waals surface area contributed by atoms with Crippen molar-refractivity contribution in [3.05, 3.63) is 52.2 Å². The van der Waals surface area contributed by atoms with Crippen LogP contribution in [0.25, 0.3) is 10.2 Å². The fraction of sp³-hybridized carbons (Fsp3) is 0.333. The second-order valence-corrected chi connectivity index (χ2v) is 9.61. The fourth-order valence-electron chi connectivity index (χ4n) is 3.36. The van der Waals surface area contributed by atoms with Crippen LogP contribution in [0.3, 0.4) is 0 Å². The third-order valence-electron chi connectivity index (χ3n) is 4.98. The number of piperidine rings is 1. The molecular formula is C18H19N5O4S2. The maximum Gasteiger partial charge on any atom is 0.281 e. The molecule has 152 valence electrons. The highest BCUT2D eigenvalue weighted by Crippen LogP contribution is 2.24. The first-order valence-corrected chi connectivity index (χ1v) is 11.4. The largest absolute Gasteiger partial charge is 0.281 e. The van der Waals surface area contributed by atoms with Gasteiger partial charge in [0.2, 0.25) is 15.9 Å². The van der Waals surface area contributed by atoms with Gasteiger partial charge in [0.15, 0.2) is 0 Å². The van der Waals surface area contributed by atoms with Crippen LogP contribution in [0.15, 0.2) is 45.7 Å². The smallest absolute Gasteiger partial charge is 0.273 e. The van der Waals surface area contributed by atoms with Gasteiger partial charge >= 0.3 is 0 Å². The minimum Gasteiger partial charge on any atom is -0.273 e. The predicted molar refractivity (Wildman–Crippen MR) is 109 cm³/mol. The number of sulfonamides is 1. The highest BCUT2D eigenvalue weighted by Gasteiger charge is 2.32. The second kappa shape index (κ2) is 7.65. The van der Waals surface area contributed by atoms with E-state index in [2.05, 4.69) is 15.4 Å². The Morgan fingerprint density at radius 2 is 2.03 bits per heavy atom. The number of nitrogens with one attached hydrogen (secondary N) is 1. The van der Waals surface area contributed by atoms with Crippen molar-refractivity contribution in [3.8, 4) is 0 Å². The predicted octanol–water partition coefficient (Wildman–Crippen LogP) is 1.33. The molecule has 1 fully saturated rings. The zero-order chi connectivity index (χ0) is 20.6. The quantitative estimate of drug-likeness (QED) is 0.664. The number of fused-ring (bicyclic) bond motifs is 1.